The number of rotatable bonds is 3. The summed E-state index contributed by atoms with van der Waals surface area (Å²) in [5.74, 6) is 0. The molecule has 7 aromatic rings. The van der Waals surface area contributed by atoms with Gasteiger partial charge < -0.3 is 10.3 Å². The smallest absolute Gasteiger partial charge is 0.0544 e. The van der Waals surface area contributed by atoms with Crippen LogP contribution in [-0.4, -0.2) is 4.98 Å². The van der Waals surface area contributed by atoms with E-state index in [0.717, 1.165) is 11.4 Å². The minimum Gasteiger partial charge on any atom is -0.355 e. The minimum atomic E-state index is 1.12. The summed E-state index contributed by atoms with van der Waals surface area (Å²) in [5.41, 5.74) is 7.04. The number of aromatic amines is 1. The number of anilines is 2. The first kappa shape index (κ1) is 19.0. The van der Waals surface area contributed by atoms with Gasteiger partial charge in [0.05, 0.1) is 5.52 Å². The topological polar surface area (TPSA) is 27.8 Å². The molecule has 34 heavy (non-hydrogen) atoms. The van der Waals surface area contributed by atoms with Crippen LogP contribution >= 0.6 is 0 Å². The van der Waals surface area contributed by atoms with Crippen molar-refractivity contribution in [2.75, 3.05) is 5.32 Å². The van der Waals surface area contributed by atoms with Crippen LogP contribution in [0.15, 0.2) is 121 Å². The van der Waals surface area contributed by atoms with Crippen LogP contribution in [0.1, 0.15) is 0 Å². The average molecular weight is 435 g/mol. The highest BCUT2D eigenvalue weighted by Gasteiger charge is 2.11. The Kier molecular flexibility index (Phi) is 4.18. The SMILES string of the molecule is c1ccc2c(Nc3cccc4cc(-c5cccc6c5[nH]c5ccccc56)ccc34)cccc2c1. The van der Waals surface area contributed by atoms with E-state index in [0.29, 0.717) is 0 Å². The van der Waals surface area contributed by atoms with Crippen LogP contribution in [0.2, 0.25) is 0 Å². The number of benzene rings is 6. The van der Waals surface area contributed by atoms with Crippen LogP contribution in [0.4, 0.5) is 11.4 Å². The molecule has 0 spiro atoms. The monoisotopic (exact) mass is 434 g/mol. The Bertz CT molecular complexity index is 1840. The molecule has 0 fully saturated rings. The molecule has 2 nitrogen and oxygen atoms in total. The first-order valence-corrected chi connectivity index (χ1v) is 11.6. The number of hydrogen-bond donors (Lipinski definition) is 2. The molecule has 7 rings (SSSR count). The van der Waals surface area contributed by atoms with Gasteiger partial charge in [-0.1, -0.05) is 97.1 Å². The fourth-order valence-corrected chi connectivity index (χ4v) is 5.15. The number of H-pyrrole nitrogens is 1. The summed E-state index contributed by atoms with van der Waals surface area (Å²) in [6.07, 6.45) is 0. The Morgan fingerprint density at radius 3 is 2.00 bits per heavy atom. The highest BCUT2D eigenvalue weighted by Crippen LogP contribution is 2.36. The van der Waals surface area contributed by atoms with Gasteiger partial charge in [-0.2, -0.15) is 0 Å². The lowest BCUT2D eigenvalue weighted by Crippen LogP contribution is -1.93. The number of nitrogens with one attached hydrogen (secondary N) is 2. The molecule has 0 amide bonds. The van der Waals surface area contributed by atoms with Crippen LogP contribution in [0.3, 0.4) is 0 Å². The molecule has 0 aliphatic heterocycles. The maximum Gasteiger partial charge on any atom is 0.0544 e. The highest BCUT2D eigenvalue weighted by molar-refractivity contribution is 6.12. The van der Waals surface area contributed by atoms with Crippen molar-refractivity contribution in [1.82, 2.24) is 4.98 Å². The summed E-state index contributed by atoms with van der Waals surface area (Å²) in [6.45, 7) is 0. The molecule has 0 aliphatic carbocycles. The summed E-state index contributed by atoms with van der Waals surface area (Å²) in [7, 11) is 0. The van der Waals surface area contributed by atoms with E-state index in [1.165, 1.54) is 54.5 Å². The van der Waals surface area contributed by atoms with Crippen molar-refractivity contribution < 1.29 is 0 Å². The van der Waals surface area contributed by atoms with Gasteiger partial charge in [0.15, 0.2) is 0 Å². The second kappa shape index (κ2) is 7.50. The lowest BCUT2D eigenvalue weighted by Gasteiger charge is -2.13. The van der Waals surface area contributed by atoms with Gasteiger partial charge in [0.1, 0.15) is 0 Å². The molecule has 1 aromatic heterocycles. The average Bonchev–Trinajstić information content (AvgIpc) is 3.28. The van der Waals surface area contributed by atoms with Crippen molar-refractivity contribution in [3.63, 3.8) is 0 Å². The zero-order valence-electron chi connectivity index (χ0n) is 18.5. The van der Waals surface area contributed by atoms with E-state index in [4.69, 9.17) is 0 Å². The predicted molar refractivity (Wildman–Crippen MR) is 146 cm³/mol. The van der Waals surface area contributed by atoms with Crippen LogP contribution in [0, 0.1) is 0 Å². The first-order chi connectivity index (χ1) is 16.8. The molecule has 0 aliphatic rings. The predicted octanol–water partition coefficient (Wildman–Crippen LogP) is 9.04. The largest absolute Gasteiger partial charge is 0.355 e. The maximum atomic E-state index is 3.69. The van der Waals surface area contributed by atoms with Crippen molar-refractivity contribution in [3.8, 4) is 11.1 Å². The third kappa shape index (κ3) is 2.96. The summed E-state index contributed by atoms with van der Waals surface area (Å²) in [6, 6.07) is 43.2. The lowest BCUT2D eigenvalue weighted by molar-refractivity contribution is 1.54. The van der Waals surface area contributed by atoms with E-state index in [-0.39, 0.29) is 0 Å². The van der Waals surface area contributed by atoms with Gasteiger partial charge >= 0.3 is 0 Å². The quantitative estimate of drug-likeness (QED) is 0.285. The fourth-order valence-electron chi connectivity index (χ4n) is 5.15. The lowest BCUT2D eigenvalue weighted by atomic mass is 9.98. The molecular formula is C32H22N2. The van der Waals surface area contributed by atoms with Gasteiger partial charge in [0, 0.05) is 44.0 Å². The second-order valence-electron chi connectivity index (χ2n) is 8.79. The molecule has 0 saturated heterocycles. The van der Waals surface area contributed by atoms with Crippen molar-refractivity contribution in [2.24, 2.45) is 0 Å². The molecule has 0 unspecified atom stereocenters. The Labute approximate surface area is 197 Å². The Balaban J connectivity index is 1.35. The third-order valence-electron chi connectivity index (χ3n) is 6.79. The fraction of sp³-hybridized carbons (Fsp3) is 0. The van der Waals surface area contributed by atoms with Crippen LogP contribution in [0.5, 0.6) is 0 Å². The summed E-state index contributed by atoms with van der Waals surface area (Å²) in [5, 5.41) is 11.1. The van der Waals surface area contributed by atoms with Gasteiger partial charge in [-0.05, 0) is 40.6 Å². The van der Waals surface area contributed by atoms with Crippen molar-refractivity contribution in [2.45, 2.75) is 0 Å². The maximum absolute atomic E-state index is 3.69. The zero-order valence-corrected chi connectivity index (χ0v) is 18.5. The van der Waals surface area contributed by atoms with E-state index < -0.39 is 0 Å². The zero-order chi connectivity index (χ0) is 22.5. The summed E-state index contributed by atoms with van der Waals surface area (Å²) in [4.78, 5) is 3.64. The van der Waals surface area contributed by atoms with E-state index in [2.05, 4.69) is 132 Å². The van der Waals surface area contributed by atoms with E-state index in [9.17, 15) is 0 Å². The Hall–Kier alpha value is -4.56. The molecule has 160 valence electrons. The van der Waals surface area contributed by atoms with E-state index >= 15 is 0 Å². The molecule has 6 aromatic carbocycles. The van der Waals surface area contributed by atoms with Gasteiger partial charge in [-0.15, -0.1) is 0 Å². The Morgan fingerprint density at radius 1 is 0.471 bits per heavy atom. The van der Waals surface area contributed by atoms with Gasteiger partial charge in [0.25, 0.3) is 0 Å². The van der Waals surface area contributed by atoms with Crippen LogP contribution < -0.4 is 5.32 Å². The van der Waals surface area contributed by atoms with E-state index in [1.807, 2.05) is 0 Å². The van der Waals surface area contributed by atoms with Crippen molar-refractivity contribution >= 4 is 54.7 Å². The number of fused-ring (bicyclic) bond motifs is 5. The standard InChI is InChI=1S/C32H22N2/c1-2-11-24-21(8-1)9-5-16-29(24)33-30-17-6-10-22-20-23(18-19-25(22)30)26-13-7-14-28-27-12-3-4-15-31(27)34-32(26)28/h1-20,33-34H. The van der Waals surface area contributed by atoms with Gasteiger partial charge in [-0.3, -0.25) is 0 Å². The third-order valence-corrected chi connectivity index (χ3v) is 6.79. The van der Waals surface area contributed by atoms with Gasteiger partial charge in [0.2, 0.25) is 0 Å². The number of para-hydroxylation sites is 2. The Morgan fingerprint density at radius 2 is 1.12 bits per heavy atom. The van der Waals surface area contributed by atoms with Crippen molar-refractivity contribution in [3.05, 3.63) is 121 Å². The second-order valence-corrected chi connectivity index (χ2v) is 8.79. The number of hydrogen-bond acceptors (Lipinski definition) is 1. The molecule has 0 radical (unpaired) electrons. The highest BCUT2D eigenvalue weighted by atomic mass is 14.9. The summed E-state index contributed by atoms with van der Waals surface area (Å²) < 4.78 is 0. The molecule has 2 heteroatoms. The minimum absolute atomic E-state index is 1.12. The van der Waals surface area contributed by atoms with Crippen molar-refractivity contribution in [1.29, 1.82) is 0 Å². The van der Waals surface area contributed by atoms with E-state index in [1.54, 1.807) is 0 Å². The molecule has 1 heterocycles. The normalized spacial score (nSPS) is 11.5. The number of aromatic nitrogens is 1. The molecule has 2 N–H and O–H groups in total. The summed E-state index contributed by atoms with van der Waals surface area (Å²) >= 11 is 0. The molecular weight excluding hydrogens is 412 g/mol. The van der Waals surface area contributed by atoms with Crippen LogP contribution in [-0.2, 0) is 0 Å². The molecule has 0 saturated carbocycles. The molecule has 0 bridgehead atoms. The molecule has 0 atom stereocenters. The first-order valence-electron chi connectivity index (χ1n) is 11.6. The van der Waals surface area contributed by atoms with Crippen LogP contribution in [0.25, 0.3) is 54.5 Å². The van der Waals surface area contributed by atoms with Gasteiger partial charge in [-0.25, -0.2) is 0 Å².